The number of nitro groups is 1. The van der Waals surface area contributed by atoms with E-state index in [4.69, 9.17) is 0 Å². The van der Waals surface area contributed by atoms with Gasteiger partial charge >= 0.3 is 6.03 Å². The summed E-state index contributed by atoms with van der Waals surface area (Å²) in [7, 11) is 1.96. The number of hydrogen-bond donors (Lipinski definition) is 3. The maximum atomic E-state index is 11.9. The van der Waals surface area contributed by atoms with E-state index in [-0.39, 0.29) is 17.8 Å². The molecule has 21 heavy (non-hydrogen) atoms. The zero-order valence-corrected chi connectivity index (χ0v) is 12.0. The molecule has 0 saturated heterocycles. The van der Waals surface area contributed by atoms with Crippen LogP contribution in [0.15, 0.2) is 24.3 Å². The lowest BCUT2D eigenvalue weighted by Crippen LogP contribution is -2.43. The second kappa shape index (κ2) is 7.03. The quantitative estimate of drug-likeness (QED) is 0.585. The largest absolute Gasteiger partial charge is 0.335 e. The number of anilines is 1. The van der Waals surface area contributed by atoms with Gasteiger partial charge in [0, 0.05) is 29.9 Å². The van der Waals surface area contributed by atoms with Crippen molar-refractivity contribution in [2.24, 2.45) is 0 Å². The lowest BCUT2D eigenvalue weighted by Gasteiger charge is -2.28. The maximum Gasteiger partial charge on any atom is 0.319 e. The molecule has 3 N–H and O–H groups in total. The molecule has 0 aromatic heterocycles. The molecule has 0 unspecified atom stereocenters. The summed E-state index contributed by atoms with van der Waals surface area (Å²) < 4.78 is 0. The summed E-state index contributed by atoms with van der Waals surface area (Å²) in [6.45, 7) is 0. The molecule has 0 spiro atoms. The predicted octanol–water partition coefficient (Wildman–Crippen LogP) is 2.25. The van der Waals surface area contributed by atoms with Gasteiger partial charge in [0.2, 0.25) is 0 Å². The molecule has 0 heterocycles. The van der Waals surface area contributed by atoms with Crippen LogP contribution in [0.25, 0.3) is 0 Å². The standard InChI is InChI=1S/C14H20N4O3/c1-15-10-2-4-11(5-3-10)16-14(19)17-12-6-8-13(9-7-12)18(20)21/h6-11,15H,2-5H2,1H3,(H2,16,17,19). The van der Waals surface area contributed by atoms with Crippen LogP contribution in [-0.4, -0.2) is 30.1 Å². The highest BCUT2D eigenvalue weighted by molar-refractivity contribution is 5.89. The highest BCUT2D eigenvalue weighted by Crippen LogP contribution is 2.19. The molecular formula is C14H20N4O3. The molecular weight excluding hydrogens is 272 g/mol. The summed E-state index contributed by atoms with van der Waals surface area (Å²) in [5, 5.41) is 19.4. The van der Waals surface area contributed by atoms with E-state index in [0.29, 0.717) is 11.7 Å². The van der Waals surface area contributed by atoms with Gasteiger partial charge in [-0.1, -0.05) is 0 Å². The molecule has 0 bridgehead atoms. The highest BCUT2D eigenvalue weighted by Gasteiger charge is 2.21. The van der Waals surface area contributed by atoms with Gasteiger partial charge in [-0.2, -0.15) is 0 Å². The van der Waals surface area contributed by atoms with Gasteiger partial charge in [-0.05, 0) is 44.9 Å². The van der Waals surface area contributed by atoms with Gasteiger partial charge in [0.1, 0.15) is 0 Å². The number of benzene rings is 1. The molecule has 1 aliphatic carbocycles. The van der Waals surface area contributed by atoms with Crippen LogP contribution in [-0.2, 0) is 0 Å². The van der Waals surface area contributed by atoms with Crippen LogP contribution in [0.3, 0.4) is 0 Å². The van der Waals surface area contributed by atoms with E-state index in [2.05, 4.69) is 16.0 Å². The predicted molar refractivity (Wildman–Crippen MR) is 80.4 cm³/mol. The number of nitro benzene ring substituents is 1. The van der Waals surface area contributed by atoms with Crippen LogP contribution in [0.5, 0.6) is 0 Å². The molecule has 2 amide bonds. The summed E-state index contributed by atoms with van der Waals surface area (Å²) in [5.41, 5.74) is 0.549. The average molecular weight is 292 g/mol. The number of amides is 2. The Labute approximate surface area is 123 Å². The lowest BCUT2D eigenvalue weighted by molar-refractivity contribution is -0.384. The number of nitrogens with zero attached hydrogens (tertiary/aromatic N) is 1. The number of rotatable bonds is 4. The Morgan fingerprint density at radius 2 is 1.71 bits per heavy atom. The smallest absolute Gasteiger partial charge is 0.319 e. The molecule has 0 aliphatic heterocycles. The normalized spacial score (nSPS) is 21.6. The highest BCUT2D eigenvalue weighted by atomic mass is 16.6. The molecule has 114 valence electrons. The van der Waals surface area contributed by atoms with Gasteiger partial charge in [0.25, 0.3) is 5.69 Å². The van der Waals surface area contributed by atoms with Crippen molar-refractivity contribution in [3.8, 4) is 0 Å². The third kappa shape index (κ3) is 4.42. The summed E-state index contributed by atoms with van der Waals surface area (Å²) in [5.74, 6) is 0. The Morgan fingerprint density at radius 1 is 1.14 bits per heavy atom. The second-order valence-corrected chi connectivity index (χ2v) is 5.24. The summed E-state index contributed by atoms with van der Waals surface area (Å²) in [6.07, 6.45) is 4.02. The van der Waals surface area contributed by atoms with Gasteiger partial charge in [0.05, 0.1) is 4.92 Å². The Morgan fingerprint density at radius 3 is 2.24 bits per heavy atom. The fourth-order valence-corrected chi connectivity index (χ4v) is 2.55. The zero-order valence-electron chi connectivity index (χ0n) is 12.0. The van der Waals surface area contributed by atoms with Gasteiger partial charge in [0.15, 0.2) is 0 Å². The second-order valence-electron chi connectivity index (χ2n) is 5.24. The zero-order chi connectivity index (χ0) is 15.2. The molecule has 1 saturated carbocycles. The minimum absolute atomic E-state index is 0.00588. The molecule has 2 rings (SSSR count). The minimum Gasteiger partial charge on any atom is -0.335 e. The third-order valence-electron chi connectivity index (χ3n) is 3.81. The SMILES string of the molecule is CNC1CCC(NC(=O)Nc2ccc([N+](=O)[O-])cc2)CC1. The number of non-ortho nitro benzene ring substituents is 1. The number of carbonyl (C=O) groups is 1. The summed E-state index contributed by atoms with van der Waals surface area (Å²) >= 11 is 0. The van der Waals surface area contributed by atoms with E-state index in [1.807, 2.05) is 7.05 Å². The van der Waals surface area contributed by atoms with Crippen molar-refractivity contribution in [1.29, 1.82) is 0 Å². The third-order valence-corrected chi connectivity index (χ3v) is 3.81. The fourth-order valence-electron chi connectivity index (χ4n) is 2.55. The summed E-state index contributed by atoms with van der Waals surface area (Å²) in [4.78, 5) is 22.0. The molecule has 7 nitrogen and oxygen atoms in total. The van der Waals surface area contributed by atoms with Gasteiger partial charge in [-0.25, -0.2) is 4.79 Å². The van der Waals surface area contributed by atoms with Crippen molar-refractivity contribution in [3.05, 3.63) is 34.4 Å². The Kier molecular flexibility index (Phi) is 5.10. The molecule has 1 aromatic rings. The van der Waals surface area contributed by atoms with Crippen molar-refractivity contribution >= 4 is 17.4 Å². The first-order valence-electron chi connectivity index (χ1n) is 7.07. The molecule has 1 aliphatic rings. The lowest BCUT2D eigenvalue weighted by atomic mass is 9.91. The first-order valence-corrected chi connectivity index (χ1v) is 7.07. The Balaban J connectivity index is 1.80. The van der Waals surface area contributed by atoms with Crippen molar-refractivity contribution in [2.45, 2.75) is 37.8 Å². The molecule has 1 aromatic carbocycles. The fraction of sp³-hybridized carbons (Fsp3) is 0.500. The first-order chi connectivity index (χ1) is 10.1. The van der Waals surface area contributed by atoms with Crippen molar-refractivity contribution in [3.63, 3.8) is 0 Å². The monoisotopic (exact) mass is 292 g/mol. The number of carbonyl (C=O) groups excluding carboxylic acids is 1. The van der Waals surface area contributed by atoms with E-state index >= 15 is 0 Å². The van der Waals surface area contributed by atoms with Crippen LogP contribution < -0.4 is 16.0 Å². The summed E-state index contributed by atoms with van der Waals surface area (Å²) in [6, 6.07) is 6.25. The molecule has 0 radical (unpaired) electrons. The molecule has 1 fully saturated rings. The van der Waals surface area contributed by atoms with Crippen molar-refractivity contribution in [2.75, 3.05) is 12.4 Å². The first kappa shape index (κ1) is 15.2. The van der Waals surface area contributed by atoms with Gasteiger partial charge in [-0.15, -0.1) is 0 Å². The van der Waals surface area contributed by atoms with E-state index < -0.39 is 4.92 Å². The molecule has 0 atom stereocenters. The number of urea groups is 1. The number of nitrogens with one attached hydrogen (secondary N) is 3. The Bertz CT molecular complexity index is 495. The van der Waals surface area contributed by atoms with E-state index in [1.54, 1.807) is 0 Å². The van der Waals surface area contributed by atoms with Crippen LogP contribution >= 0.6 is 0 Å². The van der Waals surface area contributed by atoms with Crippen LogP contribution in [0.4, 0.5) is 16.2 Å². The Hall–Kier alpha value is -2.15. The van der Waals surface area contributed by atoms with E-state index in [9.17, 15) is 14.9 Å². The van der Waals surface area contributed by atoms with Crippen molar-refractivity contribution < 1.29 is 9.72 Å². The van der Waals surface area contributed by atoms with Crippen LogP contribution in [0.2, 0.25) is 0 Å². The molecule has 7 heteroatoms. The van der Waals surface area contributed by atoms with Crippen LogP contribution in [0, 0.1) is 10.1 Å². The van der Waals surface area contributed by atoms with Crippen LogP contribution in [0.1, 0.15) is 25.7 Å². The van der Waals surface area contributed by atoms with Crippen molar-refractivity contribution in [1.82, 2.24) is 10.6 Å². The van der Waals surface area contributed by atoms with Gasteiger partial charge in [-0.3, -0.25) is 10.1 Å². The average Bonchev–Trinajstić information content (AvgIpc) is 2.48. The maximum absolute atomic E-state index is 11.9. The van der Waals surface area contributed by atoms with E-state index in [1.165, 1.54) is 24.3 Å². The minimum atomic E-state index is -0.468. The number of hydrogen-bond acceptors (Lipinski definition) is 4. The van der Waals surface area contributed by atoms with Gasteiger partial charge < -0.3 is 16.0 Å². The van der Waals surface area contributed by atoms with E-state index in [0.717, 1.165) is 25.7 Å². The topological polar surface area (TPSA) is 96.3 Å².